The first-order valence-electron chi connectivity index (χ1n) is 5.00. The van der Waals surface area contributed by atoms with Crippen molar-refractivity contribution in [3.05, 3.63) is 52.5 Å². The van der Waals surface area contributed by atoms with E-state index in [9.17, 15) is 4.79 Å². The summed E-state index contributed by atoms with van der Waals surface area (Å²) in [5.74, 6) is -0.0666. The van der Waals surface area contributed by atoms with E-state index < -0.39 is 0 Å². The van der Waals surface area contributed by atoms with E-state index in [1.165, 1.54) is 17.1 Å². The molecule has 0 unspecified atom stereocenters. The molecule has 1 aromatic heterocycles. The van der Waals surface area contributed by atoms with E-state index in [0.29, 0.717) is 11.4 Å². The zero-order chi connectivity index (χ0) is 11.4. The van der Waals surface area contributed by atoms with Crippen molar-refractivity contribution in [2.75, 3.05) is 0 Å². The normalized spacial score (nSPS) is 10.1. The molecule has 16 heavy (non-hydrogen) atoms. The molecule has 4 heteroatoms. The van der Waals surface area contributed by atoms with Crippen LogP contribution in [0.25, 0.3) is 0 Å². The van der Waals surface area contributed by atoms with E-state index in [4.69, 9.17) is 0 Å². The minimum Gasteiger partial charge on any atom is -0.347 e. The molecule has 0 saturated heterocycles. The second-order valence-corrected chi connectivity index (χ2v) is 4.38. The highest BCUT2D eigenvalue weighted by Gasteiger charge is 2.06. The fourth-order valence-corrected chi connectivity index (χ4v) is 1.82. The first-order valence-corrected chi connectivity index (χ1v) is 5.77. The Morgan fingerprint density at radius 3 is 2.69 bits per heavy atom. The molecule has 0 atom stereocenters. The number of hydrogen-bond acceptors (Lipinski definition) is 3. The van der Waals surface area contributed by atoms with Crippen LogP contribution >= 0.6 is 11.5 Å². The summed E-state index contributed by atoms with van der Waals surface area (Å²) in [5, 5.41) is 2.85. The summed E-state index contributed by atoms with van der Waals surface area (Å²) < 4.78 is 3.89. The van der Waals surface area contributed by atoms with Gasteiger partial charge in [0, 0.05) is 12.7 Å². The lowest BCUT2D eigenvalue weighted by molar-refractivity contribution is 0.0955. The average molecular weight is 232 g/mol. The van der Waals surface area contributed by atoms with Crippen molar-refractivity contribution in [2.24, 2.45) is 0 Å². The molecule has 0 aliphatic carbocycles. The van der Waals surface area contributed by atoms with Crippen LogP contribution in [-0.4, -0.2) is 10.3 Å². The van der Waals surface area contributed by atoms with Gasteiger partial charge in [-0.2, -0.15) is 0 Å². The molecule has 1 aromatic carbocycles. The third kappa shape index (κ3) is 2.67. The predicted molar refractivity (Wildman–Crippen MR) is 64.5 cm³/mol. The molecule has 2 aromatic rings. The predicted octanol–water partition coefficient (Wildman–Crippen LogP) is 2.38. The quantitative estimate of drug-likeness (QED) is 0.882. The van der Waals surface area contributed by atoms with E-state index in [1.54, 1.807) is 12.3 Å². The van der Waals surface area contributed by atoms with E-state index >= 15 is 0 Å². The molecule has 1 heterocycles. The van der Waals surface area contributed by atoms with E-state index in [1.807, 2.05) is 31.2 Å². The van der Waals surface area contributed by atoms with Gasteiger partial charge in [-0.3, -0.25) is 4.79 Å². The first kappa shape index (κ1) is 10.8. The Morgan fingerprint density at radius 1 is 1.31 bits per heavy atom. The van der Waals surface area contributed by atoms with E-state index in [2.05, 4.69) is 9.69 Å². The van der Waals surface area contributed by atoms with Crippen molar-refractivity contribution in [1.82, 2.24) is 9.69 Å². The molecule has 0 bridgehead atoms. The summed E-state index contributed by atoms with van der Waals surface area (Å²) >= 11 is 1.21. The highest BCUT2D eigenvalue weighted by atomic mass is 32.1. The van der Waals surface area contributed by atoms with Crippen molar-refractivity contribution < 1.29 is 4.79 Å². The third-order valence-electron chi connectivity index (χ3n) is 2.24. The van der Waals surface area contributed by atoms with Gasteiger partial charge in [0.1, 0.15) is 4.88 Å². The summed E-state index contributed by atoms with van der Waals surface area (Å²) in [4.78, 5) is 12.3. The molecule has 82 valence electrons. The van der Waals surface area contributed by atoms with Crippen LogP contribution in [0.4, 0.5) is 0 Å². The molecule has 2 rings (SSSR count). The number of hydrogen-bond donors (Lipinski definition) is 1. The second-order valence-electron chi connectivity index (χ2n) is 3.54. The van der Waals surface area contributed by atoms with Crippen molar-refractivity contribution in [3.63, 3.8) is 0 Å². The van der Waals surface area contributed by atoms with Gasteiger partial charge in [0.25, 0.3) is 5.91 Å². The maximum Gasteiger partial charge on any atom is 0.263 e. The SMILES string of the molecule is Cc1ccc(CNC(=O)c2ccns2)cc1. The molecule has 0 fully saturated rings. The molecular formula is C12H12N2OS. The highest BCUT2D eigenvalue weighted by molar-refractivity contribution is 7.08. The lowest BCUT2D eigenvalue weighted by Crippen LogP contribution is -2.21. The molecule has 0 spiro atoms. The van der Waals surface area contributed by atoms with Crippen LogP contribution in [0.2, 0.25) is 0 Å². The summed E-state index contributed by atoms with van der Waals surface area (Å²) in [7, 11) is 0. The minimum atomic E-state index is -0.0666. The van der Waals surface area contributed by atoms with Crippen molar-refractivity contribution in [1.29, 1.82) is 0 Å². The maximum absolute atomic E-state index is 11.6. The molecule has 0 radical (unpaired) electrons. The lowest BCUT2D eigenvalue weighted by atomic mass is 10.1. The molecule has 0 saturated carbocycles. The van der Waals surface area contributed by atoms with E-state index in [0.717, 1.165) is 5.56 Å². The number of nitrogens with zero attached hydrogens (tertiary/aromatic N) is 1. The number of carbonyl (C=O) groups excluding carboxylic acids is 1. The summed E-state index contributed by atoms with van der Waals surface area (Å²) in [5.41, 5.74) is 2.32. The fourth-order valence-electron chi connectivity index (χ4n) is 1.31. The van der Waals surface area contributed by atoms with Gasteiger partial charge in [-0.25, -0.2) is 4.37 Å². The smallest absolute Gasteiger partial charge is 0.263 e. The summed E-state index contributed by atoms with van der Waals surface area (Å²) in [6.45, 7) is 2.59. The van der Waals surface area contributed by atoms with Gasteiger partial charge in [-0.05, 0) is 30.1 Å². The standard InChI is InChI=1S/C12H12N2OS/c1-9-2-4-10(5-3-9)8-13-12(15)11-6-7-14-16-11/h2-7H,8H2,1H3,(H,13,15). The van der Waals surface area contributed by atoms with Gasteiger partial charge in [-0.15, -0.1) is 0 Å². The van der Waals surface area contributed by atoms with Gasteiger partial charge in [0.15, 0.2) is 0 Å². The van der Waals surface area contributed by atoms with Gasteiger partial charge in [0.2, 0.25) is 0 Å². The number of benzene rings is 1. The van der Waals surface area contributed by atoms with Crippen molar-refractivity contribution in [3.8, 4) is 0 Å². The van der Waals surface area contributed by atoms with Gasteiger partial charge in [0.05, 0.1) is 0 Å². The van der Waals surface area contributed by atoms with Crippen LogP contribution in [0, 0.1) is 6.92 Å². The summed E-state index contributed by atoms with van der Waals surface area (Å²) in [6, 6.07) is 9.82. The second kappa shape index (κ2) is 4.90. The van der Waals surface area contributed by atoms with Crippen LogP contribution in [0.5, 0.6) is 0 Å². The number of rotatable bonds is 3. The number of carbonyl (C=O) groups is 1. The Kier molecular flexibility index (Phi) is 3.31. The zero-order valence-electron chi connectivity index (χ0n) is 8.93. The maximum atomic E-state index is 11.6. The number of nitrogens with one attached hydrogen (secondary N) is 1. The van der Waals surface area contributed by atoms with Crippen LogP contribution in [0.1, 0.15) is 20.8 Å². The zero-order valence-corrected chi connectivity index (χ0v) is 9.75. The lowest BCUT2D eigenvalue weighted by Gasteiger charge is -2.03. The summed E-state index contributed by atoms with van der Waals surface area (Å²) in [6.07, 6.45) is 1.63. The molecule has 3 nitrogen and oxygen atoms in total. The number of aryl methyl sites for hydroxylation is 1. The van der Waals surface area contributed by atoms with Crippen LogP contribution < -0.4 is 5.32 Å². The Morgan fingerprint density at radius 2 is 2.06 bits per heavy atom. The first-order chi connectivity index (χ1) is 7.75. The topological polar surface area (TPSA) is 42.0 Å². The van der Waals surface area contributed by atoms with Crippen LogP contribution in [0.15, 0.2) is 36.5 Å². The Hall–Kier alpha value is -1.68. The fraction of sp³-hybridized carbons (Fsp3) is 0.167. The number of amides is 1. The number of aromatic nitrogens is 1. The third-order valence-corrected chi connectivity index (χ3v) is 2.98. The highest BCUT2D eigenvalue weighted by Crippen LogP contribution is 2.06. The monoisotopic (exact) mass is 232 g/mol. The Labute approximate surface area is 98.3 Å². The molecule has 1 amide bonds. The van der Waals surface area contributed by atoms with Crippen LogP contribution in [0.3, 0.4) is 0 Å². The Balaban J connectivity index is 1.93. The van der Waals surface area contributed by atoms with Gasteiger partial charge >= 0.3 is 0 Å². The molecular weight excluding hydrogens is 220 g/mol. The average Bonchev–Trinajstić information content (AvgIpc) is 2.81. The molecule has 1 N–H and O–H groups in total. The molecule has 0 aliphatic rings. The van der Waals surface area contributed by atoms with Crippen molar-refractivity contribution in [2.45, 2.75) is 13.5 Å². The Bertz CT molecular complexity index is 462. The van der Waals surface area contributed by atoms with Gasteiger partial charge in [-0.1, -0.05) is 29.8 Å². The minimum absolute atomic E-state index is 0.0666. The van der Waals surface area contributed by atoms with Crippen molar-refractivity contribution >= 4 is 17.4 Å². The van der Waals surface area contributed by atoms with E-state index in [-0.39, 0.29) is 5.91 Å². The molecule has 0 aliphatic heterocycles. The van der Waals surface area contributed by atoms with Gasteiger partial charge < -0.3 is 5.32 Å². The largest absolute Gasteiger partial charge is 0.347 e. The van der Waals surface area contributed by atoms with Crippen LogP contribution in [-0.2, 0) is 6.54 Å².